The topological polar surface area (TPSA) is 94.7 Å². The second-order valence-corrected chi connectivity index (χ2v) is 7.23. The maximum Gasteiger partial charge on any atom is 0.342 e. The van der Waals surface area contributed by atoms with E-state index in [9.17, 15) is 9.90 Å². The maximum absolute atomic E-state index is 11.7. The van der Waals surface area contributed by atoms with Crippen molar-refractivity contribution in [1.82, 2.24) is 10.2 Å². The van der Waals surface area contributed by atoms with Gasteiger partial charge in [-0.15, -0.1) is 10.2 Å². The summed E-state index contributed by atoms with van der Waals surface area (Å²) in [5.41, 5.74) is 1.36. The molecule has 1 N–H and O–H groups in total. The van der Waals surface area contributed by atoms with Crippen LogP contribution in [0.25, 0.3) is 17.5 Å². The Hall–Kier alpha value is -2.78. The molecule has 0 atom stereocenters. The number of hydrogen-bond donors (Lipinski definition) is 1. The van der Waals surface area contributed by atoms with Crippen molar-refractivity contribution in [2.75, 3.05) is 14.2 Å². The van der Waals surface area contributed by atoms with Crippen LogP contribution in [0, 0.1) is 0 Å². The molecule has 3 aromatic rings. The van der Waals surface area contributed by atoms with E-state index in [1.165, 1.54) is 20.3 Å². The van der Waals surface area contributed by atoms with Crippen LogP contribution >= 0.6 is 27.7 Å². The number of hydrogen-bond acceptors (Lipinski definition) is 7. The number of ether oxygens (including phenoxy) is 2. The Labute approximate surface area is 173 Å². The van der Waals surface area contributed by atoms with Crippen LogP contribution in [-0.4, -0.2) is 35.5 Å². The monoisotopic (exact) mass is 462 g/mol. The van der Waals surface area contributed by atoms with Crippen molar-refractivity contribution in [3.05, 3.63) is 57.4 Å². The summed E-state index contributed by atoms with van der Waals surface area (Å²) in [5, 5.41) is 17.6. The summed E-state index contributed by atoms with van der Waals surface area (Å²) in [6.07, 6.45) is 1.49. The van der Waals surface area contributed by atoms with E-state index in [1.54, 1.807) is 12.1 Å². The number of benzene rings is 2. The third kappa shape index (κ3) is 4.55. The second kappa shape index (κ2) is 8.94. The number of halogens is 1. The molecule has 0 saturated heterocycles. The predicted octanol–water partition coefficient (Wildman–Crippen LogP) is 4.73. The number of aliphatic carboxylic acids is 1. The largest absolute Gasteiger partial charge is 0.493 e. The molecule has 0 aliphatic rings. The Morgan fingerprint density at radius 3 is 2.46 bits per heavy atom. The Morgan fingerprint density at radius 2 is 1.82 bits per heavy atom. The van der Waals surface area contributed by atoms with Crippen LogP contribution in [0.5, 0.6) is 11.5 Å². The predicted molar refractivity (Wildman–Crippen MR) is 108 cm³/mol. The van der Waals surface area contributed by atoms with Crippen molar-refractivity contribution in [1.29, 1.82) is 0 Å². The molecule has 9 heteroatoms. The fraction of sp³-hybridized carbons (Fsp3) is 0.105. The minimum atomic E-state index is -1.12. The Morgan fingerprint density at radius 1 is 1.14 bits per heavy atom. The van der Waals surface area contributed by atoms with E-state index < -0.39 is 5.97 Å². The summed E-state index contributed by atoms with van der Waals surface area (Å²) < 4.78 is 16.7. The molecule has 1 heterocycles. The van der Waals surface area contributed by atoms with Crippen LogP contribution in [0.1, 0.15) is 5.56 Å². The summed E-state index contributed by atoms with van der Waals surface area (Å²) in [6.45, 7) is 0. The molecule has 0 radical (unpaired) electrons. The third-order valence-electron chi connectivity index (χ3n) is 3.62. The molecule has 2 aromatic carbocycles. The molecular weight excluding hydrogens is 448 g/mol. The first-order valence-corrected chi connectivity index (χ1v) is 9.56. The van der Waals surface area contributed by atoms with Crippen LogP contribution in [0.3, 0.4) is 0 Å². The molecular formula is C19H15BrN2O5S. The van der Waals surface area contributed by atoms with Crippen molar-refractivity contribution in [3.8, 4) is 23.0 Å². The Bertz CT molecular complexity index is 1020. The number of rotatable bonds is 7. The van der Waals surface area contributed by atoms with Gasteiger partial charge >= 0.3 is 5.97 Å². The molecule has 0 saturated carbocycles. The summed E-state index contributed by atoms with van der Waals surface area (Å²) in [7, 11) is 3.04. The van der Waals surface area contributed by atoms with E-state index in [2.05, 4.69) is 26.1 Å². The van der Waals surface area contributed by atoms with Gasteiger partial charge in [-0.05, 0) is 47.7 Å². The lowest BCUT2D eigenvalue weighted by atomic mass is 10.2. The Balaban J connectivity index is 1.91. The highest BCUT2D eigenvalue weighted by Gasteiger charge is 2.17. The highest BCUT2D eigenvalue weighted by molar-refractivity contribution is 9.10. The zero-order valence-corrected chi connectivity index (χ0v) is 17.3. The molecule has 3 rings (SSSR count). The molecule has 0 aliphatic carbocycles. The molecule has 144 valence electrons. The molecule has 0 unspecified atom stereocenters. The average Bonchev–Trinajstić information content (AvgIpc) is 3.17. The first-order chi connectivity index (χ1) is 13.5. The molecule has 0 fully saturated rings. The fourth-order valence-corrected chi connectivity index (χ4v) is 3.40. The van der Waals surface area contributed by atoms with Gasteiger partial charge in [0.1, 0.15) is 4.91 Å². The van der Waals surface area contributed by atoms with Crippen LogP contribution in [-0.2, 0) is 4.79 Å². The molecule has 7 nitrogen and oxygen atoms in total. The highest BCUT2D eigenvalue weighted by Crippen LogP contribution is 2.36. The summed E-state index contributed by atoms with van der Waals surface area (Å²) in [5.74, 6) is 0.211. The summed E-state index contributed by atoms with van der Waals surface area (Å²) >= 11 is 4.28. The number of carboxylic acids is 1. The van der Waals surface area contributed by atoms with E-state index in [0.29, 0.717) is 27.4 Å². The molecule has 1 aromatic heterocycles. The lowest BCUT2D eigenvalue weighted by molar-refractivity contribution is -0.131. The van der Waals surface area contributed by atoms with Crippen LogP contribution < -0.4 is 9.47 Å². The summed E-state index contributed by atoms with van der Waals surface area (Å²) in [4.78, 5) is 11.7. The van der Waals surface area contributed by atoms with Crippen LogP contribution in [0.4, 0.5) is 0 Å². The molecule has 28 heavy (non-hydrogen) atoms. The lowest BCUT2D eigenvalue weighted by Crippen LogP contribution is -1.98. The quantitative estimate of drug-likeness (QED) is 0.397. The zero-order chi connectivity index (χ0) is 20.1. The van der Waals surface area contributed by atoms with Gasteiger partial charge in [0.05, 0.1) is 14.2 Å². The summed E-state index contributed by atoms with van der Waals surface area (Å²) in [6, 6.07) is 12.6. The third-order valence-corrected chi connectivity index (χ3v) is 5.16. The van der Waals surface area contributed by atoms with E-state index in [-0.39, 0.29) is 10.1 Å². The van der Waals surface area contributed by atoms with Gasteiger partial charge in [0.2, 0.25) is 5.89 Å². The highest BCUT2D eigenvalue weighted by atomic mass is 79.9. The Kier molecular flexibility index (Phi) is 6.37. The molecule has 0 amide bonds. The standard InChI is InChI=1S/C19H15BrN2O5S/c1-25-14-8-12(13(20)10-15(14)26-2)9-16(18(23)24)28-19-22-21-17(27-19)11-6-4-3-5-7-11/h3-10H,1-2H3,(H,23,24). The first kappa shape index (κ1) is 20.0. The van der Waals surface area contributed by atoms with Crippen molar-refractivity contribution in [3.63, 3.8) is 0 Å². The number of methoxy groups -OCH3 is 2. The SMILES string of the molecule is COc1cc(Br)c(C=C(Sc2nnc(-c3ccccc3)o2)C(=O)O)cc1OC. The van der Waals surface area contributed by atoms with Gasteiger partial charge in [-0.2, -0.15) is 0 Å². The number of aromatic nitrogens is 2. The van der Waals surface area contributed by atoms with Gasteiger partial charge in [-0.3, -0.25) is 0 Å². The van der Waals surface area contributed by atoms with E-state index in [1.807, 2.05) is 30.3 Å². The number of carboxylic acid groups (broad SMARTS) is 1. The lowest BCUT2D eigenvalue weighted by Gasteiger charge is -2.10. The average molecular weight is 463 g/mol. The molecule has 0 bridgehead atoms. The van der Waals surface area contributed by atoms with Crippen molar-refractivity contribution in [2.45, 2.75) is 5.22 Å². The maximum atomic E-state index is 11.7. The zero-order valence-electron chi connectivity index (χ0n) is 14.9. The second-order valence-electron chi connectivity index (χ2n) is 5.38. The van der Waals surface area contributed by atoms with Crippen molar-refractivity contribution < 1.29 is 23.8 Å². The number of carbonyl (C=O) groups is 1. The van der Waals surface area contributed by atoms with Crippen LogP contribution in [0.15, 0.2) is 61.5 Å². The van der Waals surface area contributed by atoms with Crippen molar-refractivity contribution >= 4 is 39.7 Å². The normalized spacial score (nSPS) is 11.3. The van der Waals surface area contributed by atoms with Gasteiger partial charge in [-0.1, -0.05) is 34.1 Å². The molecule has 0 spiro atoms. The van der Waals surface area contributed by atoms with Crippen molar-refractivity contribution in [2.24, 2.45) is 0 Å². The number of nitrogens with zero attached hydrogens (tertiary/aromatic N) is 2. The van der Waals surface area contributed by atoms with E-state index in [0.717, 1.165) is 17.3 Å². The van der Waals surface area contributed by atoms with E-state index >= 15 is 0 Å². The van der Waals surface area contributed by atoms with Gasteiger partial charge in [0.15, 0.2) is 11.5 Å². The smallest absolute Gasteiger partial charge is 0.342 e. The van der Waals surface area contributed by atoms with Crippen LogP contribution in [0.2, 0.25) is 0 Å². The minimum Gasteiger partial charge on any atom is -0.493 e. The molecule has 0 aliphatic heterocycles. The van der Waals surface area contributed by atoms with E-state index in [4.69, 9.17) is 13.9 Å². The minimum absolute atomic E-state index is 0.0104. The van der Waals surface area contributed by atoms with Gasteiger partial charge < -0.3 is 19.0 Å². The number of thioether (sulfide) groups is 1. The van der Waals surface area contributed by atoms with Gasteiger partial charge in [0.25, 0.3) is 5.22 Å². The first-order valence-electron chi connectivity index (χ1n) is 7.95. The van der Waals surface area contributed by atoms with Gasteiger partial charge in [0, 0.05) is 10.0 Å². The fourth-order valence-electron chi connectivity index (χ4n) is 2.30. The van der Waals surface area contributed by atoms with Gasteiger partial charge in [-0.25, -0.2) is 4.79 Å².